The molecule has 0 aliphatic heterocycles. The Morgan fingerprint density at radius 2 is 1.80 bits per heavy atom. The molecular formula is C16H17F2NO. The lowest BCUT2D eigenvalue weighted by Gasteiger charge is -2.15. The fourth-order valence-electron chi connectivity index (χ4n) is 1.96. The van der Waals surface area contributed by atoms with E-state index < -0.39 is 11.6 Å². The van der Waals surface area contributed by atoms with E-state index in [2.05, 4.69) is 0 Å². The van der Waals surface area contributed by atoms with Gasteiger partial charge in [0.2, 0.25) is 0 Å². The van der Waals surface area contributed by atoms with Gasteiger partial charge >= 0.3 is 0 Å². The Morgan fingerprint density at radius 3 is 2.40 bits per heavy atom. The van der Waals surface area contributed by atoms with Gasteiger partial charge < -0.3 is 10.5 Å². The number of benzene rings is 2. The third-order valence-electron chi connectivity index (χ3n) is 3.09. The van der Waals surface area contributed by atoms with Crippen molar-refractivity contribution < 1.29 is 13.5 Å². The lowest BCUT2D eigenvalue weighted by Crippen LogP contribution is -2.09. The van der Waals surface area contributed by atoms with Gasteiger partial charge in [-0.1, -0.05) is 18.2 Å². The van der Waals surface area contributed by atoms with Crippen LogP contribution in [-0.4, -0.2) is 0 Å². The highest BCUT2D eigenvalue weighted by Gasteiger charge is 2.12. The second-order valence-electron chi connectivity index (χ2n) is 4.82. The van der Waals surface area contributed by atoms with Crippen LogP contribution in [0.25, 0.3) is 0 Å². The molecule has 1 atom stereocenters. The third kappa shape index (κ3) is 3.14. The van der Waals surface area contributed by atoms with Crippen LogP contribution in [0, 0.1) is 18.6 Å². The van der Waals surface area contributed by atoms with Gasteiger partial charge in [-0.3, -0.25) is 0 Å². The number of hydrogen-bond acceptors (Lipinski definition) is 2. The van der Waals surface area contributed by atoms with E-state index in [9.17, 15) is 8.78 Å². The fourth-order valence-corrected chi connectivity index (χ4v) is 1.96. The number of halogens is 2. The molecule has 0 unspecified atom stereocenters. The van der Waals surface area contributed by atoms with Crippen LogP contribution in [0.3, 0.4) is 0 Å². The van der Waals surface area contributed by atoms with E-state index >= 15 is 0 Å². The van der Waals surface area contributed by atoms with Crippen molar-refractivity contribution in [1.29, 1.82) is 0 Å². The smallest absolute Gasteiger partial charge is 0.132 e. The third-order valence-corrected chi connectivity index (χ3v) is 3.09. The molecule has 0 fully saturated rings. The Morgan fingerprint density at radius 1 is 1.15 bits per heavy atom. The van der Waals surface area contributed by atoms with E-state index in [1.54, 1.807) is 0 Å². The summed E-state index contributed by atoms with van der Waals surface area (Å²) in [6.45, 7) is 3.59. The van der Waals surface area contributed by atoms with Gasteiger partial charge in [-0.05, 0) is 37.6 Å². The van der Waals surface area contributed by atoms with Crippen LogP contribution < -0.4 is 10.5 Å². The quantitative estimate of drug-likeness (QED) is 0.920. The zero-order valence-electron chi connectivity index (χ0n) is 11.5. The minimum Gasteiger partial charge on any atom is -0.488 e. The molecule has 20 heavy (non-hydrogen) atoms. The van der Waals surface area contributed by atoms with Gasteiger partial charge in [-0.15, -0.1) is 0 Å². The van der Waals surface area contributed by atoms with E-state index in [1.807, 2.05) is 32.0 Å². The summed E-state index contributed by atoms with van der Waals surface area (Å²) < 4.78 is 32.7. The largest absolute Gasteiger partial charge is 0.488 e. The van der Waals surface area contributed by atoms with Crippen molar-refractivity contribution in [2.45, 2.75) is 26.5 Å². The van der Waals surface area contributed by atoms with Gasteiger partial charge in [0, 0.05) is 11.6 Å². The zero-order chi connectivity index (χ0) is 14.7. The van der Waals surface area contributed by atoms with Crippen LogP contribution in [0.4, 0.5) is 8.78 Å². The molecule has 0 aliphatic rings. The minimum atomic E-state index is -0.611. The minimum absolute atomic E-state index is 0.0790. The number of nitrogens with two attached hydrogens (primary N) is 1. The molecule has 0 saturated heterocycles. The molecule has 0 bridgehead atoms. The number of rotatable bonds is 4. The predicted molar refractivity (Wildman–Crippen MR) is 74.5 cm³/mol. The SMILES string of the molecule is Cc1ccc([C@@H](C)N)c(OCc2c(F)cccc2F)c1. The maximum atomic E-state index is 13.5. The zero-order valence-corrected chi connectivity index (χ0v) is 11.5. The maximum Gasteiger partial charge on any atom is 0.132 e. The van der Waals surface area contributed by atoms with Crippen molar-refractivity contribution in [2.24, 2.45) is 5.73 Å². The van der Waals surface area contributed by atoms with Crippen molar-refractivity contribution in [1.82, 2.24) is 0 Å². The van der Waals surface area contributed by atoms with Crippen LogP contribution in [0.2, 0.25) is 0 Å². The summed E-state index contributed by atoms with van der Waals surface area (Å²) in [6.07, 6.45) is 0. The Hall–Kier alpha value is -1.94. The van der Waals surface area contributed by atoms with Crippen molar-refractivity contribution in [2.75, 3.05) is 0 Å². The summed E-state index contributed by atoms with van der Waals surface area (Å²) in [5.74, 6) is -0.664. The molecule has 0 saturated carbocycles. The molecule has 2 aromatic rings. The number of ether oxygens (including phenoxy) is 1. The van der Waals surface area contributed by atoms with Gasteiger partial charge in [0.25, 0.3) is 0 Å². The molecule has 2 nitrogen and oxygen atoms in total. The number of hydrogen-bond donors (Lipinski definition) is 1. The van der Waals surface area contributed by atoms with Gasteiger partial charge in [0.15, 0.2) is 0 Å². The second-order valence-corrected chi connectivity index (χ2v) is 4.82. The molecule has 106 valence electrons. The first kappa shape index (κ1) is 14.5. The highest BCUT2D eigenvalue weighted by Crippen LogP contribution is 2.26. The molecule has 0 heterocycles. The Balaban J connectivity index is 2.25. The molecular weight excluding hydrogens is 260 g/mol. The van der Waals surface area contributed by atoms with Gasteiger partial charge in [0.1, 0.15) is 24.0 Å². The molecule has 2 rings (SSSR count). The summed E-state index contributed by atoms with van der Waals surface area (Å²) in [5.41, 5.74) is 7.60. The van der Waals surface area contributed by atoms with Crippen LogP contribution in [0.1, 0.15) is 29.7 Å². The van der Waals surface area contributed by atoms with E-state index in [0.29, 0.717) is 5.75 Å². The van der Waals surface area contributed by atoms with Gasteiger partial charge in [-0.2, -0.15) is 0 Å². The highest BCUT2D eigenvalue weighted by atomic mass is 19.1. The van der Waals surface area contributed by atoms with Crippen LogP contribution >= 0.6 is 0 Å². The molecule has 2 N–H and O–H groups in total. The Kier molecular flexibility index (Phi) is 4.35. The second kappa shape index (κ2) is 6.01. The summed E-state index contributed by atoms with van der Waals surface area (Å²) in [5, 5.41) is 0. The highest BCUT2D eigenvalue weighted by molar-refractivity contribution is 5.39. The summed E-state index contributed by atoms with van der Waals surface area (Å²) >= 11 is 0. The average molecular weight is 277 g/mol. The van der Waals surface area contributed by atoms with E-state index in [-0.39, 0.29) is 18.2 Å². The lowest BCUT2D eigenvalue weighted by atomic mass is 10.1. The van der Waals surface area contributed by atoms with Crippen molar-refractivity contribution in [3.05, 3.63) is 64.7 Å². The van der Waals surface area contributed by atoms with Crippen molar-refractivity contribution in [3.63, 3.8) is 0 Å². The lowest BCUT2D eigenvalue weighted by molar-refractivity contribution is 0.288. The van der Waals surface area contributed by atoms with Crippen molar-refractivity contribution >= 4 is 0 Å². The first-order chi connectivity index (χ1) is 9.49. The molecule has 0 radical (unpaired) electrons. The van der Waals surface area contributed by atoms with Crippen molar-refractivity contribution in [3.8, 4) is 5.75 Å². The maximum absolute atomic E-state index is 13.5. The van der Waals surface area contributed by atoms with Crippen LogP contribution in [0.15, 0.2) is 36.4 Å². The van der Waals surface area contributed by atoms with Gasteiger partial charge in [0.05, 0.1) is 5.56 Å². The predicted octanol–water partition coefficient (Wildman–Crippen LogP) is 3.87. The summed E-state index contributed by atoms with van der Waals surface area (Å²) in [4.78, 5) is 0. The Bertz CT molecular complexity index is 591. The molecule has 0 aliphatic carbocycles. The standard InChI is InChI=1S/C16H17F2NO/c1-10-6-7-12(11(2)19)16(8-10)20-9-13-14(17)4-3-5-15(13)18/h3-8,11H,9,19H2,1-2H3/t11-/m1/s1. The summed E-state index contributed by atoms with van der Waals surface area (Å²) in [6, 6.07) is 9.15. The molecule has 4 heteroatoms. The summed E-state index contributed by atoms with van der Waals surface area (Å²) in [7, 11) is 0. The molecule has 2 aromatic carbocycles. The van der Waals surface area contributed by atoms with Crippen LogP contribution in [0.5, 0.6) is 5.75 Å². The van der Waals surface area contributed by atoms with Gasteiger partial charge in [-0.25, -0.2) is 8.78 Å². The monoisotopic (exact) mass is 277 g/mol. The molecule has 0 amide bonds. The average Bonchev–Trinajstić information content (AvgIpc) is 2.37. The fraction of sp³-hybridized carbons (Fsp3) is 0.250. The number of aryl methyl sites for hydroxylation is 1. The topological polar surface area (TPSA) is 35.2 Å². The first-order valence-electron chi connectivity index (χ1n) is 6.41. The molecule has 0 spiro atoms. The van der Waals surface area contributed by atoms with E-state index in [4.69, 9.17) is 10.5 Å². The van der Waals surface area contributed by atoms with Crippen LogP contribution in [-0.2, 0) is 6.61 Å². The van der Waals surface area contributed by atoms with E-state index in [1.165, 1.54) is 18.2 Å². The molecule has 0 aromatic heterocycles. The normalized spacial score (nSPS) is 12.2. The Labute approximate surface area is 117 Å². The van der Waals surface area contributed by atoms with E-state index in [0.717, 1.165) is 11.1 Å². The first-order valence-corrected chi connectivity index (χ1v) is 6.41.